The molecule has 24 heavy (non-hydrogen) atoms. The second-order valence-electron chi connectivity index (χ2n) is 5.77. The van der Waals surface area contributed by atoms with E-state index in [1.807, 2.05) is 24.3 Å². The fourth-order valence-corrected chi connectivity index (χ4v) is 2.66. The number of hydrogen-bond acceptors (Lipinski definition) is 4. The Hall–Kier alpha value is -2.44. The predicted octanol–water partition coefficient (Wildman–Crippen LogP) is 1.91. The number of nitrogens with zero attached hydrogens (tertiary/aromatic N) is 1. The van der Waals surface area contributed by atoms with Gasteiger partial charge in [-0.05, 0) is 35.2 Å². The van der Waals surface area contributed by atoms with E-state index in [-0.39, 0.29) is 18.2 Å². The van der Waals surface area contributed by atoms with Gasteiger partial charge in [-0.25, -0.2) is 0 Å². The van der Waals surface area contributed by atoms with Crippen LogP contribution in [0.15, 0.2) is 47.4 Å². The third-order valence-corrected chi connectivity index (χ3v) is 3.94. The highest BCUT2D eigenvalue weighted by Gasteiger charge is 2.15. The fraction of sp³-hybridized carbons (Fsp3) is 0.333. The topological polar surface area (TPSA) is 77.8 Å². The van der Waals surface area contributed by atoms with Crippen molar-refractivity contribution in [3.05, 3.63) is 58.5 Å². The molecule has 1 aromatic heterocycles. The minimum absolute atomic E-state index is 0.147. The molecule has 1 fully saturated rings. The first-order chi connectivity index (χ1) is 11.6. The largest absolute Gasteiger partial charge is 0.480 e. The average Bonchev–Trinajstić information content (AvgIpc) is 3.08. The first-order valence-corrected chi connectivity index (χ1v) is 7.83. The molecule has 0 saturated carbocycles. The Morgan fingerprint density at radius 2 is 2.12 bits per heavy atom. The third-order valence-electron chi connectivity index (χ3n) is 3.94. The maximum atomic E-state index is 12.0. The Bertz CT molecular complexity index is 777. The average molecular weight is 329 g/mol. The van der Waals surface area contributed by atoms with E-state index in [4.69, 9.17) is 14.6 Å². The molecule has 0 radical (unpaired) electrons. The molecule has 1 saturated heterocycles. The maximum absolute atomic E-state index is 12.0. The maximum Gasteiger partial charge on any atom is 0.323 e. The molecule has 126 valence electrons. The number of carboxylic acids is 1. The van der Waals surface area contributed by atoms with Crippen LogP contribution in [0.1, 0.15) is 12.0 Å². The highest BCUT2D eigenvalue weighted by Crippen LogP contribution is 2.20. The molecule has 2 heterocycles. The molecule has 0 bridgehead atoms. The highest BCUT2D eigenvalue weighted by molar-refractivity contribution is 5.67. The van der Waals surface area contributed by atoms with Crippen LogP contribution in [-0.4, -0.2) is 35.0 Å². The lowest BCUT2D eigenvalue weighted by molar-refractivity contribution is -0.137. The van der Waals surface area contributed by atoms with Crippen LogP contribution in [0.5, 0.6) is 0 Å². The summed E-state index contributed by atoms with van der Waals surface area (Å²) in [7, 11) is 0. The molecular formula is C18H19NO5. The van der Waals surface area contributed by atoms with E-state index >= 15 is 0 Å². The predicted molar refractivity (Wildman–Crippen MR) is 87.8 cm³/mol. The van der Waals surface area contributed by atoms with E-state index in [1.54, 1.807) is 6.07 Å². The smallest absolute Gasteiger partial charge is 0.323 e. The quantitative estimate of drug-likeness (QED) is 0.876. The van der Waals surface area contributed by atoms with Crippen molar-refractivity contribution in [1.29, 1.82) is 0 Å². The minimum atomic E-state index is -1.04. The van der Waals surface area contributed by atoms with Gasteiger partial charge in [-0.1, -0.05) is 18.2 Å². The summed E-state index contributed by atoms with van der Waals surface area (Å²) < 4.78 is 12.3. The van der Waals surface area contributed by atoms with Crippen molar-refractivity contribution in [1.82, 2.24) is 4.57 Å². The van der Waals surface area contributed by atoms with Crippen LogP contribution in [0, 0.1) is 0 Å². The van der Waals surface area contributed by atoms with Gasteiger partial charge in [0.1, 0.15) is 6.54 Å². The van der Waals surface area contributed by atoms with E-state index in [1.165, 1.54) is 16.8 Å². The molecule has 0 amide bonds. The summed E-state index contributed by atoms with van der Waals surface area (Å²) >= 11 is 0. The number of aromatic nitrogens is 1. The summed E-state index contributed by atoms with van der Waals surface area (Å²) in [5, 5.41) is 8.78. The number of hydrogen-bond donors (Lipinski definition) is 1. The lowest BCUT2D eigenvalue weighted by Gasteiger charge is -2.11. The standard InChI is InChI=1S/C18H19NO5/c20-17-9-15(4-6-19(17)10-18(21)22)14-3-1-2-13(8-14)11-24-16-5-7-23-12-16/h1-4,6,8-9,16H,5,7,10-12H2,(H,21,22). The van der Waals surface area contributed by atoms with Crippen LogP contribution in [0.2, 0.25) is 0 Å². The van der Waals surface area contributed by atoms with Crippen molar-refractivity contribution in [2.24, 2.45) is 0 Å². The van der Waals surface area contributed by atoms with Crippen molar-refractivity contribution < 1.29 is 19.4 Å². The first kappa shape index (κ1) is 16.4. The molecule has 2 aromatic rings. The summed E-state index contributed by atoms with van der Waals surface area (Å²) in [6, 6.07) is 11.0. The lowest BCUT2D eigenvalue weighted by atomic mass is 10.0. The zero-order valence-corrected chi connectivity index (χ0v) is 13.2. The molecular weight excluding hydrogens is 310 g/mol. The van der Waals surface area contributed by atoms with Gasteiger partial charge < -0.3 is 19.1 Å². The molecule has 1 atom stereocenters. The molecule has 3 rings (SSSR count). The molecule has 1 aliphatic rings. The third kappa shape index (κ3) is 4.10. The molecule has 0 aliphatic carbocycles. The number of rotatable bonds is 6. The molecule has 1 unspecified atom stereocenters. The van der Waals surface area contributed by atoms with Gasteiger partial charge in [0, 0.05) is 18.9 Å². The van der Waals surface area contributed by atoms with E-state index in [0.717, 1.165) is 29.7 Å². The Labute approximate surface area is 139 Å². The number of benzene rings is 1. The Morgan fingerprint density at radius 3 is 2.83 bits per heavy atom. The molecule has 0 spiro atoms. The Balaban J connectivity index is 1.74. The normalized spacial score (nSPS) is 17.1. The lowest BCUT2D eigenvalue weighted by Crippen LogP contribution is -2.22. The number of aliphatic carboxylic acids is 1. The fourth-order valence-electron chi connectivity index (χ4n) is 2.66. The number of carboxylic acid groups (broad SMARTS) is 1. The van der Waals surface area contributed by atoms with Gasteiger partial charge in [-0.3, -0.25) is 9.59 Å². The SMILES string of the molecule is O=C(O)Cn1ccc(-c2cccc(COC3CCOC3)c2)cc1=O. The van der Waals surface area contributed by atoms with E-state index in [0.29, 0.717) is 13.2 Å². The second kappa shape index (κ2) is 7.42. The van der Waals surface area contributed by atoms with Gasteiger partial charge in [0.2, 0.25) is 0 Å². The minimum Gasteiger partial charge on any atom is -0.480 e. The van der Waals surface area contributed by atoms with Crippen molar-refractivity contribution >= 4 is 5.97 Å². The van der Waals surface area contributed by atoms with Crippen LogP contribution < -0.4 is 5.56 Å². The summed E-state index contributed by atoms with van der Waals surface area (Å²) in [4.78, 5) is 22.7. The number of ether oxygens (including phenoxy) is 2. The van der Waals surface area contributed by atoms with Gasteiger partial charge in [0.15, 0.2) is 0 Å². The Kier molecular flexibility index (Phi) is 5.08. The highest BCUT2D eigenvalue weighted by atomic mass is 16.5. The van der Waals surface area contributed by atoms with Gasteiger partial charge in [-0.2, -0.15) is 0 Å². The summed E-state index contributed by atoms with van der Waals surface area (Å²) in [5.74, 6) is -1.04. The van der Waals surface area contributed by atoms with Crippen molar-refractivity contribution in [2.45, 2.75) is 25.7 Å². The van der Waals surface area contributed by atoms with E-state index in [9.17, 15) is 9.59 Å². The van der Waals surface area contributed by atoms with Gasteiger partial charge in [0.25, 0.3) is 5.56 Å². The van der Waals surface area contributed by atoms with Gasteiger partial charge in [-0.15, -0.1) is 0 Å². The summed E-state index contributed by atoms with van der Waals surface area (Å²) in [6.07, 6.45) is 2.57. The van der Waals surface area contributed by atoms with Crippen LogP contribution in [0.25, 0.3) is 11.1 Å². The second-order valence-corrected chi connectivity index (χ2v) is 5.77. The van der Waals surface area contributed by atoms with Crippen LogP contribution in [0.3, 0.4) is 0 Å². The van der Waals surface area contributed by atoms with Gasteiger partial charge >= 0.3 is 5.97 Å². The molecule has 1 aliphatic heterocycles. The zero-order chi connectivity index (χ0) is 16.9. The molecule has 1 aromatic carbocycles. The molecule has 6 nitrogen and oxygen atoms in total. The van der Waals surface area contributed by atoms with E-state index in [2.05, 4.69) is 0 Å². The van der Waals surface area contributed by atoms with Crippen molar-refractivity contribution in [3.8, 4) is 11.1 Å². The number of carbonyl (C=O) groups is 1. The number of pyridine rings is 1. The van der Waals surface area contributed by atoms with Crippen LogP contribution in [0.4, 0.5) is 0 Å². The molecule has 6 heteroatoms. The first-order valence-electron chi connectivity index (χ1n) is 7.83. The Morgan fingerprint density at radius 1 is 1.29 bits per heavy atom. The van der Waals surface area contributed by atoms with E-state index < -0.39 is 5.97 Å². The van der Waals surface area contributed by atoms with Crippen LogP contribution >= 0.6 is 0 Å². The summed E-state index contributed by atoms with van der Waals surface area (Å²) in [5.41, 5.74) is 2.35. The monoisotopic (exact) mass is 329 g/mol. The zero-order valence-electron chi connectivity index (χ0n) is 13.2. The van der Waals surface area contributed by atoms with Gasteiger partial charge in [0.05, 0.1) is 19.3 Å². The van der Waals surface area contributed by atoms with Crippen molar-refractivity contribution in [3.63, 3.8) is 0 Å². The van der Waals surface area contributed by atoms with Crippen molar-refractivity contribution in [2.75, 3.05) is 13.2 Å². The summed E-state index contributed by atoms with van der Waals surface area (Å²) in [6.45, 7) is 1.55. The molecule has 1 N–H and O–H groups in total. The van der Waals surface area contributed by atoms with Crippen LogP contribution in [-0.2, 0) is 27.4 Å².